The van der Waals surface area contributed by atoms with Crippen LogP contribution in [0.5, 0.6) is 17.2 Å². The van der Waals surface area contributed by atoms with Gasteiger partial charge in [0.1, 0.15) is 17.3 Å². The van der Waals surface area contributed by atoms with E-state index >= 15 is 0 Å². The molecule has 146 valence electrons. The highest BCUT2D eigenvalue weighted by Crippen LogP contribution is 2.41. The van der Waals surface area contributed by atoms with E-state index in [1.165, 1.54) is 19.2 Å². The van der Waals surface area contributed by atoms with Crippen molar-refractivity contribution in [3.05, 3.63) is 82.3 Å². The Morgan fingerprint density at radius 2 is 1.64 bits per heavy atom. The number of halogens is 1. The Kier molecular flexibility index (Phi) is 6.26. The zero-order chi connectivity index (χ0) is 20.1. The van der Waals surface area contributed by atoms with Crippen LogP contribution in [0.15, 0.2) is 76.1 Å². The van der Waals surface area contributed by atoms with Gasteiger partial charge < -0.3 is 13.7 Å². The lowest BCUT2D eigenvalue weighted by Crippen LogP contribution is -2.11. The normalized spacial score (nSPS) is 11.1. The molecule has 28 heavy (non-hydrogen) atoms. The summed E-state index contributed by atoms with van der Waals surface area (Å²) in [4.78, 5) is 0.0662. The summed E-state index contributed by atoms with van der Waals surface area (Å²) in [6.07, 6.45) is 0. The Hall–Kier alpha value is -2.51. The first-order valence-corrected chi connectivity index (χ1v) is 10.6. The van der Waals surface area contributed by atoms with E-state index in [0.717, 1.165) is 11.1 Å². The summed E-state index contributed by atoms with van der Waals surface area (Å²) < 4.78 is 42.1. The molecular weight excluding hydrogens is 444 g/mol. The third-order valence-corrected chi connectivity index (χ3v) is 5.78. The van der Waals surface area contributed by atoms with Crippen molar-refractivity contribution in [2.45, 2.75) is 18.4 Å². The van der Waals surface area contributed by atoms with E-state index in [4.69, 9.17) is 13.7 Å². The van der Waals surface area contributed by atoms with Gasteiger partial charge in [-0.3, -0.25) is 0 Å². The molecule has 0 saturated heterocycles. The third kappa shape index (κ3) is 4.85. The van der Waals surface area contributed by atoms with Crippen LogP contribution in [0.4, 0.5) is 0 Å². The minimum Gasteiger partial charge on any atom is -0.493 e. The van der Waals surface area contributed by atoms with Gasteiger partial charge in [-0.15, -0.1) is 0 Å². The maximum Gasteiger partial charge on any atom is 0.339 e. The lowest BCUT2D eigenvalue weighted by Gasteiger charge is -2.15. The number of benzene rings is 3. The molecule has 0 aliphatic rings. The summed E-state index contributed by atoms with van der Waals surface area (Å²) in [5, 5.41) is 0. The molecule has 0 fully saturated rings. The molecule has 0 aliphatic carbocycles. The van der Waals surface area contributed by atoms with Crippen LogP contribution in [0.25, 0.3) is 0 Å². The standard InChI is InChI=1S/C21H19BrO5S/c1-15-8-10-18(11-9-15)28(23,24)27-21-19(22)12-17(13-20(21)25-2)26-14-16-6-4-3-5-7-16/h3-13H,14H2,1-2H3. The summed E-state index contributed by atoms with van der Waals surface area (Å²) in [7, 11) is -2.57. The fourth-order valence-corrected chi connectivity index (χ4v) is 4.03. The predicted octanol–water partition coefficient (Wildman–Crippen LogP) is 5.11. The van der Waals surface area contributed by atoms with Crippen LogP contribution in [0.2, 0.25) is 0 Å². The molecule has 0 unspecified atom stereocenters. The third-order valence-electron chi connectivity index (χ3n) is 3.95. The molecule has 0 heterocycles. The van der Waals surface area contributed by atoms with Crippen molar-refractivity contribution in [3.63, 3.8) is 0 Å². The van der Waals surface area contributed by atoms with Crippen molar-refractivity contribution in [3.8, 4) is 17.2 Å². The highest BCUT2D eigenvalue weighted by atomic mass is 79.9. The van der Waals surface area contributed by atoms with Crippen molar-refractivity contribution in [2.24, 2.45) is 0 Å². The average molecular weight is 463 g/mol. The predicted molar refractivity (Wildman–Crippen MR) is 110 cm³/mol. The summed E-state index contributed by atoms with van der Waals surface area (Å²) in [5.74, 6) is 0.830. The molecule has 5 nitrogen and oxygen atoms in total. The second-order valence-corrected chi connectivity index (χ2v) is 8.46. The van der Waals surface area contributed by atoms with Crippen LogP contribution in [0.3, 0.4) is 0 Å². The van der Waals surface area contributed by atoms with E-state index in [1.807, 2.05) is 37.3 Å². The van der Waals surface area contributed by atoms with Gasteiger partial charge in [0.15, 0.2) is 11.5 Å². The molecule has 0 aliphatic heterocycles. The molecule has 0 saturated carbocycles. The Labute approximate surface area is 173 Å². The van der Waals surface area contributed by atoms with E-state index in [0.29, 0.717) is 16.8 Å². The van der Waals surface area contributed by atoms with E-state index in [2.05, 4.69) is 15.9 Å². The van der Waals surface area contributed by atoms with Gasteiger partial charge in [-0.2, -0.15) is 8.42 Å². The first-order valence-electron chi connectivity index (χ1n) is 8.44. The Morgan fingerprint density at radius 3 is 2.29 bits per heavy atom. The van der Waals surface area contributed by atoms with Crippen molar-refractivity contribution >= 4 is 26.0 Å². The van der Waals surface area contributed by atoms with Gasteiger partial charge in [0.05, 0.1) is 11.6 Å². The maximum absolute atomic E-state index is 12.6. The van der Waals surface area contributed by atoms with Crippen LogP contribution in [0, 0.1) is 6.92 Å². The number of ether oxygens (including phenoxy) is 2. The van der Waals surface area contributed by atoms with Gasteiger partial charge in [-0.1, -0.05) is 48.0 Å². The van der Waals surface area contributed by atoms with Crippen LogP contribution in [0.1, 0.15) is 11.1 Å². The lowest BCUT2D eigenvalue weighted by atomic mass is 10.2. The largest absolute Gasteiger partial charge is 0.493 e. The molecule has 3 rings (SSSR count). The summed E-state index contributed by atoms with van der Waals surface area (Å²) in [5.41, 5.74) is 1.97. The number of aryl methyl sites for hydroxylation is 1. The first kappa shape index (κ1) is 20.2. The Bertz CT molecular complexity index is 1050. The minimum atomic E-state index is -4.00. The van der Waals surface area contributed by atoms with E-state index in [1.54, 1.807) is 24.3 Å². The maximum atomic E-state index is 12.6. The van der Waals surface area contributed by atoms with Gasteiger partial charge in [0, 0.05) is 6.07 Å². The zero-order valence-electron chi connectivity index (χ0n) is 15.4. The zero-order valence-corrected chi connectivity index (χ0v) is 17.8. The number of methoxy groups -OCH3 is 1. The van der Waals surface area contributed by atoms with E-state index < -0.39 is 10.1 Å². The van der Waals surface area contributed by atoms with Gasteiger partial charge in [-0.05, 0) is 46.6 Å². The molecule has 3 aromatic rings. The molecule has 0 N–H and O–H groups in total. The molecule has 0 spiro atoms. The number of rotatable bonds is 7. The topological polar surface area (TPSA) is 61.8 Å². The molecule has 3 aromatic carbocycles. The van der Waals surface area contributed by atoms with Crippen molar-refractivity contribution in [1.29, 1.82) is 0 Å². The van der Waals surface area contributed by atoms with Crippen molar-refractivity contribution in [2.75, 3.05) is 7.11 Å². The molecule has 0 amide bonds. The Balaban J connectivity index is 1.84. The van der Waals surface area contributed by atoms with E-state index in [9.17, 15) is 8.42 Å². The second kappa shape index (κ2) is 8.67. The van der Waals surface area contributed by atoms with Gasteiger partial charge >= 0.3 is 10.1 Å². The minimum absolute atomic E-state index is 0.0649. The van der Waals surface area contributed by atoms with Gasteiger partial charge in [0.2, 0.25) is 0 Å². The van der Waals surface area contributed by atoms with Crippen LogP contribution in [-0.4, -0.2) is 15.5 Å². The Morgan fingerprint density at radius 1 is 0.964 bits per heavy atom. The molecular formula is C21H19BrO5S. The fourth-order valence-electron chi connectivity index (χ4n) is 2.46. The highest BCUT2D eigenvalue weighted by molar-refractivity contribution is 9.10. The fraction of sp³-hybridized carbons (Fsp3) is 0.143. The monoisotopic (exact) mass is 462 g/mol. The smallest absolute Gasteiger partial charge is 0.339 e. The quantitative estimate of drug-likeness (QED) is 0.456. The summed E-state index contributed by atoms with van der Waals surface area (Å²) >= 11 is 3.35. The molecule has 7 heteroatoms. The summed E-state index contributed by atoms with van der Waals surface area (Å²) in [6, 6.07) is 19.4. The number of hydrogen-bond donors (Lipinski definition) is 0. The van der Waals surface area contributed by atoms with Gasteiger partial charge in [-0.25, -0.2) is 0 Å². The lowest BCUT2D eigenvalue weighted by molar-refractivity contribution is 0.302. The van der Waals surface area contributed by atoms with Crippen LogP contribution >= 0.6 is 15.9 Å². The molecule has 0 radical (unpaired) electrons. The first-order chi connectivity index (χ1) is 13.4. The molecule has 0 atom stereocenters. The second-order valence-electron chi connectivity index (χ2n) is 6.06. The SMILES string of the molecule is COc1cc(OCc2ccccc2)cc(Br)c1OS(=O)(=O)c1ccc(C)cc1. The number of hydrogen-bond acceptors (Lipinski definition) is 5. The highest BCUT2D eigenvalue weighted by Gasteiger charge is 2.22. The average Bonchev–Trinajstić information content (AvgIpc) is 2.69. The molecule has 0 aromatic heterocycles. The van der Waals surface area contributed by atoms with Gasteiger partial charge in [0.25, 0.3) is 0 Å². The van der Waals surface area contributed by atoms with Crippen molar-refractivity contribution in [1.82, 2.24) is 0 Å². The van der Waals surface area contributed by atoms with Crippen LogP contribution < -0.4 is 13.7 Å². The molecule has 0 bridgehead atoms. The van der Waals surface area contributed by atoms with Crippen LogP contribution in [-0.2, 0) is 16.7 Å². The van der Waals surface area contributed by atoms with E-state index in [-0.39, 0.29) is 16.4 Å². The summed E-state index contributed by atoms with van der Waals surface area (Å²) in [6.45, 7) is 2.25. The van der Waals surface area contributed by atoms with Crippen molar-refractivity contribution < 1.29 is 22.1 Å².